The van der Waals surface area contributed by atoms with Gasteiger partial charge in [0.1, 0.15) is 17.3 Å². The normalized spacial score (nSPS) is 10.3. The van der Waals surface area contributed by atoms with Crippen molar-refractivity contribution in [1.82, 2.24) is 9.97 Å². The number of nitrogens with zero attached hydrogens (tertiary/aromatic N) is 2. The molecule has 31 heavy (non-hydrogen) atoms. The van der Waals surface area contributed by atoms with Crippen molar-refractivity contribution in [2.24, 2.45) is 0 Å². The molecular formula is C25H22N4O2. The van der Waals surface area contributed by atoms with E-state index >= 15 is 0 Å². The smallest absolute Gasteiger partial charge is 0.259 e. The molecule has 6 heteroatoms. The molecule has 0 saturated heterocycles. The van der Waals surface area contributed by atoms with E-state index in [1.807, 2.05) is 72.9 Å². The third-order valence-electron chi connectivity index (χ3n) is 4.57. The second-order valence-corrected chi connectivity index (χ2v) is 6.83. The molecule has 2 aromatic carbocycles. The van der Waals surface area contributed by atoms with E-state index < -0.39 is 0 Å². The van der Waals surface area contributed by atoms with Crippen molar-refractivity contribution in [1.29, 1.82) is 0 Å². The SMILES string of the molecule is O=C(Nc1ccc(Oc2ccccc2)cc1)c1cccnc1NCCc1cccnc1. The van der Waals surface area contributed by atoms with Gasteiger partial charge in [-0.1, -0.05) is 24.3 Å². The highest BCUT2D eigenvalue weighted by Crippen LogP contribution is 2.23. The van der Waals surface area contributed by atoms with Crippen molar-refractivity contribution >= 4 is 17.4 Å². The van der Waals surface area contributed by atoms with Crippen LogP contribution in [-0.4, -0.2) is 22.4 Å². The number of benzene rings is 2. The summed E-state index contributed by atoms with van der Waals surface area (Å²) in [6, 6.07) is 24.2. The summed E-state index contributed by atoms with van der Waals surface area (Å²) in [5.41, 5.74) is 2.28. The lowest BCUT2D eigenvalue weighted by Gasteiger charge is -2.12. The highest BCUT2D eigenvalue weighted by atomic mass is 16.5. The van der Waals surface area contributed by atoms with Crippen LogP contribution in [0.3, 0.4) is 0 Å². The number of carbonyl (C=O) groups is 1. The Morgan fingerprint density at radius 2 is 1.61 bits per heavy atom. The molecule has 0 aliphatic heterocycles. The van der Waals surface area contributed by atoms with Crippen molar-refractivity contribution in [2.45, 2.75) is 6.42 Å². The van der Waals surface area contributed by atoms with E-state index in [2.05, 4.69) is 20.6 Å². The number of ether oxygens (including phenoxy) is 1. The third-order valence-corrected chi connectivity index (χ3v) is 4.57. The molecule has 0 saturated carbocycles. The van der Waals surface area contributed by atoms with Crippen molar-refractivity contribution in [3.63, 3.8) is 0 Å². The summed E-state index contributed by atoms with van der Waals surface area (Å²) in [4.78, 5) is 21.3. The molecule has 0 fully saturated rings. The Morgan fingerprint density at radius 1 is 0.839 bits per heavy atom. The first-order valence-electron chi connectivity index (χ1n) is 10.00. The van der Waals surface area contributed by atoms with Crippen molar-refractivity contribution < 1.29 is 9.53 Å². The summed E-state index contributed by atoms with van der Waals surface area (Å²) in [5.74, 6) is 1.78. The first-order chi connectivity index (χ1) is 15.3. The molecule has 0 atom stereocenters. The summed E-state index contributed by atoms with van der Waals surface area (Å²) in [7, 11) is 0. The van der Waals surface area contributed by atoms with E-state index in [9.17, 15) is 4.79 Å². The minimum atomic E-state index is -0.228. The van der Waals surface area contributed by atoms with Gasteiger partial charge in [0.15, 0.2) is 0 Å². The molecule has 2 heterocycles. The number of nitrogens with one attached hydrogen (secondary N) is 2. The highest BCUT2D eigenvalue weighted by Gasteiger charge is 2.12. The number of pyridine rings is 2. The standard InChI is InChI=1S/C25H22N4O2/c30-25(29-20-10-12-22(13-11-20)31-21-7-2-1-3-8-21)23-9-5-16-27-24(23)28-17-14-19-6-4-15-26-18-19/h1-13,15-16,18H,14,17H2,(H,27,28)(H,29,30). The molecule has 4 aromatic rings. The Bertz CT molecular complexity index is 1120. The Labute approximate surface area is 181 Å². The number of hydrogen-bond acceptors (Lipinski definition) is 5. The Balaban J connectivity index is 1.37. The second kappa shape index (κ2) is 10.0. The van der Waals surface area contributed by atoms with E-state index in [0.717, 1.165) is 17.7 Å². The first kappa shape index (κ1) is 20.1. The van der Waals surface area contributed by atoms with Crippen molar-refractivity contribution in [3.05, 3.63) is 109 Å². The minimum absolute atomic E-state index is 0.228. The van der Waals surface area contributed by atoms with Gasteiger partial charge in [-0.2, -0.15) is 0 Å². The predicted octanol–water partition coefficient (Wildman–Crippen LogP) is 5.18. The number of amides is 1. The maximum atomic E-state index is 12.8. The molecule has 0 spiro atoms. The van der Waals surface area contributed by atoms with Gasteiger partial charge < -0.3 is 15.4 Å². The molecule has 2 N–H and O–H groups in total. The van der Waals surface area contributed by atoms with Crippen LogP contribution in [0.1, 0.15) is 15.9 Å². The van der Waals surface area contributed by atoms with Gasteiger partial charge in [-0.3, -0.25) is 9.78 Å². The molecule has 0 unspecified atom stereocenters. The first-order valence-corrected chi connectivity index (χ1v) is 10.00. The lowest BCUT2D eigenvalue weighted by Crippen LogP contribution is -2.16. The highest BCUT2D eigenvalue weighted by molar-refractivity contribution is 6.07. The number of rotatable bonds is 8. The summed E-state index contributed by atoms with van der Waals surface area (Å²) < 4.78 is 5.79. The zero-order valence-corrected chi connectivity index (χ0v) is 16.9. The molecule has 0 bridgehead atoms. The van der Waals surface area contributed by atoms with Crippen LogP contribution >= 0.6 is 0 Å². The molecule has 154 valence electrons. The Kier molecular flexibility index (Phi) is 6.50. The molecule has 1 amide bonds. The van der Waals surface area contributed by atoms with Gasteiger partial charge >= 0.3 is 0 Å². The molecule has 0 aliphatic carbocycles. The van der Waals surface area contributed by atoms with Crippen LogP contribution in [0, 0.1) is 0 Å². The fraction of sp³-hybridized carbons (Fsp3) is 0.0800. The molecule has 0 aliphatic rings. The van der Waals surface area contributed by atoms with Crippen LogP contribution in [0.4, 0.5) is 11.5 Å². The minimum Gasteiger partial charge on any atom is -0.457 e. The number of hydrogen-bond donors (Lipinski definition) is 2. The third kappa shape index (κ3) is 5.67. The molecule has 4 rings (SSSR count). The largest absolute Gasteiger partial charge is 0.457 e. The lowest BCUT2D eigenvalue weighted by molar-refractivity contribution is 0.102. The Morgan fingerprint density at radius 3 is 2.39 bits per heavy atom. The average molecular weight is 410 g/mol. The van der Waals surface area contributed by atoms with E-state index in [-0.39, 0.29) is 5.91 Å². The summed E-state index contributed by atoms with van der Waals surface area (Å²) in [6.07, 6.45) is 6.03. The van der Waals surface area contributed by atoms with E-state index in [4.69, 9.17) is 4.74 Å². The van der Waals surface area contributed by atoms with Crippen LogP contribution in [0.5, 0.6) is 11.5 Å². The zero-order valence-electron chi connectivity index (χ0n) is 16.9. The van der Waals surface area contributed by atoms with Crippen molar-refractivity contribution in [2.75, 3.05) is 17.2 Å². The number of aromatic nitrogens is 2. The van der Waals surface area contributed by atoms with Gasteiger partial charge in [0, 0.05) is 30.8 Å². The van der Waals surface area contributed by atoms with Crippen LogP contribution in [0.15, 0.2) is 97.5 Å². The van der Waals surface area contributed by atoms with E-state index in [0.29, 0.717) is 29.4 Å². The quantitative estimate of drug-likeness (QED) is 0.419. The molecule has 2 aromatic heterocycles. The van der Waals surface area contributed by atoms with Gasteiger partial charge in [-0.25, -0.2) is 4.98 Å². The maximum Gasteiger partial charge on any atom is 0.259 e. The van der Waals surface area contributed by atoms with Crippen LogP contribution in [-0.2, 0) is 6.42 Å². The maximum absolute atomic E-state index is 12.8. The number of para-hydroxylation sites is 1. The lowest BCUT2D eigenvalue weighted by atomic mass is 10.2. The summed E-state index contributed by atoms with van der Waals surface area (Å²) in [6.45, 7) is 0.647. The second-order valence-electron chi connectivity index (χ2n) is 6.83. The molecule has 6 nitrogen and oxygen atoms in total. The van der Waals surface area contributed by atoms with Crippen LogP contribution in [0.25, 0.3) is 0 Å². The summed E-state index contributed by atoms with van der Waals surface area (Å²) in [5, 5.41) is 6.16. The molecule has 0 radical (unpaired) electrons. The van der Waals surface area contributed by atoms with Crippen molar-refractivity contribution in [3.8, 4) is 11.5 Å². The van der Waals surface area contributed by atoms with Gasteiger partial charge in [-0.05, 0) is 66.6 Å². The van der Waals surface area contributed by atoms with Gasteiger partial charge in [0.05, 0.1) is 5.56 Å². The van der Waals surface area contributed by atoms with E-state index in [1.54, 1.807) is 24.5 Å². The number of carbonyl (C=O) groups excluding carboxylic acids is 1. The van der Waals surface area contributed by atoms with Gasteiger partial charge in [0.25, 0.3) is 5.91 Å². The van der Waals surface area contributed by atoms with Crippen LogP contribution < -0.4 is 15.4 Å². The average Bonchev–Trinajstić information content (AvgIpc) is 2.82. The van der Waals surface area contributed by atoms with E-state index in [1.165, 1.54) is 0 Å². The fourth-order valence-corrected chi connectivity index (χ4v) is 3.03. The van der Waals surface area contributed by atoms with Gasteiger partial charge in [0.2, 0.25) is 0 Å². The van der Waals surface area contributed by atoms with Gasteiger partial charge in [-0.15, -0.1) is 0 Å². The monoisotopic (exact) mass is 410 g/mol. The Hall–Kier alpha value is -4.19. The molecular weight excluding hydrogens is 388 g/mol. The van der Waals surface area contributed by atoms with Crippen LogP contribution in [0.2, 0.25) is 0 Å². The zero-order chi connectivity index (χ0) is 21.3. The summed E-state index contributed by atoms with van der Waals surface area (Å²) >= 11 is 0. The fourth-order valence-electron chi connectivity index (χ4n) is 3.03. The number of anilines is 2. The predicted molar refractivity (Wildman–Crippen MR) is 122 cm³/mol. The topological polar surface area (TPSA) is 76.1 Å².